The van der Waals surface area contributed by atoms with Gasteiger partial charge in [0.2, 0.25) is 21.8 Å². The molecule has 30 heavy (non-hydrogen) atoms. The van der Waals surface area contributed by atoms with Gasteiger partial charge in [-0.1, -0.05) is 29.8 Å². The largest absolute Gasteiger partial charge is 0.344 e. The van der Waals surface area contributed by atoms with E-state index < -0.39 is 22.0 Å². The summed E-state index contributed by atoms with van der Waals surface area (Å²) >= 11 is 5.84. The van der Waals surface area contributed by atoms with Gasteiger partial charge in [-0.2, -0.15) is 4.31 Å². The van der Waals surface area contributed by atoms with Crippen molar-refractivity contribution >= 4 is 39.1 Å². The first-order chi connectivity index (χ1) is 14.3. The van der Waals surface area contributed by atoms with E-state index in [9.17, 15) is 18.0 Å². The van der Waals surface area contributed by atoms with Crippen LogP contribution < -0.4 is 10.6 Å². The van der Waals surface area contributed by atoms with Gasteiger partial charge in [-0.15, -0.1) is 0 Å². The number of piperidine rings is 1. The van der Waals surface area contributed by atoms with Gasteiger partial charge >= 0.3 is 0 Å². The highest BCUT2D eigenvalue weighted by molar-refractivity contribution is 7.89. The smallest absolute Gasteiger partial charge is 0.246 e. The molecule has 1 aliphatic rings. The molecular formula is C21H24ClN3O4S. The van der Waals surface area contributed by atoms with E-state index in [1.807, 2.05) is 6.07 Å². The number of halogens is 1. The van der Waals surface area contributed by atoms with Crippen LogP contribution in [0.4, 0.5) is 5.69 Å². The molecule has 1 aliphatic heterocycles. The molecule has 9 heteroatoms. The van der Waals surface area contributed by atoms with E-state index in [0.717, 1.165) is 0 Å². The van der Waals surface area contributed by atoms with Crippen LogP contribution in [0.3, 0.4) is 0 Å². The number of para-hydroxylation sites is 1. The van der Waals surface area contributed by atoms with E-state index in [2.05, 4.69) is 10.6 Å². The van der Waals surface area contributed by atoms with Gasteiger partial charge in [-0.3, -0.25) is 9.59 Å². The molecular weight excluding hydrogens is 426 g/mol. The number of carbonyl (C=O) groups is 2. The molecule has 160 valence electrons. The molecule has 1 saturated heterocycles. The van der Waals surface area contributed by atoms with Crippen molar-refractivity contribution in [3.8, 4) is 0 Å². The summed E-state index contributed by atoms with van der Waals surface area (Å²) in [6, 6.07) is 14.2. The maximum Gasteiger partial charge on any atom is 0.246 e. The SMILES string of the molecule is C[C@H](NC(=O)C1CCCN(S(=O)(=O)c2ccc(Cl)cc2)C1)C(=O)Nc1ccccc1. The van der Waals surface area contributed by atoms with Crippen molar-refractivity contribution in [3.63, 3.8) is 0 Å². The number of hydrogen-bond donors (Lipinski definition) is 2. The van der Waals surface area contributed by atoms with Gasteiger partial charge in [-0.05, 0) is 56.2 Å². The van der Waals surface area contributed by atoms with Gasteiger partial charge in [0, 0.05) is 23.8 Å². The zero-order valence-electron chi connectivity index (χ0n) is 16.5. The second-order valence-corrected chi connectivity index (χ2v) is 9.62. The number of nitrogens with one attached hydrogen (secondary N) is 2. The van der Waals surface area contributed by atoms with E-state index >= 15 is 0 Å². The number of amides is 2. The van der Waals surface area contributed by atoms with Gasteiger partial charge in [0.1, 0.15) is 6.04 Å². The number of nitrogens with zero attached hydrogens (tertiary/aromatic N) is 1. The van der Waals surface area contributed by atoms with Crippen LogP contribution in [0.5, 0.6) is 0 Å². The third kappa shape index (κ3) is 5.38. The number of benzene rings is 2. The molecule has 1 unspecified atom stereocenters. The Balaban J connectivity index is 1.61. The summed E-state index contributed by atoms with van der Waals surface area (Å²) in [7, 11) is -3.72. The fourth-order valence-electron chi connectivity index (χ4n) is 3.30. The highest BCUT2D eigenvalue weighted by Gasteiger charge is 2.34. The second-order valence-electron chi connectivity index (χ2n) is 7.24. The standard InChI is InChI=1S/C21H24ClN3O4S/c1-15(20(26)24-18-7-3-2-4-8-18)23-21(27)16-6-5-13-25(14-16)30(28,29)19-11-9-17(22)10-12-19/h2-4,7-12,15-16H,5-6,13-14H2,1H3,(H,23,27)(H,24,26)/t15-,16?/m0/s1. The average molecular weight is 450 g/mol. The average Bonchev–Trinajstić information content (AvgIpc) is 2.74. The van der Waals surface area contributed by atoms with Crippen LogP contribution in [-0.4, -0.2) is 43.7 Å². The molecule has 0 aromatic heterocycles. The molecule has 1 heterocycles. The van der Waals surface area contributed by atoms with Crippen molar-refractivity contribution in [3.05, 3.63) is 59.6 Å². The first-order valence-corrected chi connectivity index (χ1v) is 11.5. The van der Waals surface area contributed by atoms with Crippen LogP contribution in [-0.2, 0) is 19.6 Å². The van der Waals surface area contributed by atoms with E-state index in [1.165, 1.54) is 28.6 Å². The maximum absolute atomic E-state index is 12.9. The molecule has 0 saturated carbocycles. The highest BCUT2D eigenvalue weighted by Crippen LogP contribution is 2.25. The summed E-state index contributed by atoms with van der Waals surface area (Å²) in [6.45, 7) is 2.02. The second kappa shape index (κ2) is 9.59. The van der Waals surface area contributed by atoms with Gasteiger partial charge in [0.25, 0.3) is 0 Å². The third-order valence-electron chi connectivity index (χ3n) is 5.00. The Morgan fingerprint density at radius 1 is 1.10 bits per heavy atom. The van der Waals surface area contributed by atoms with Crippen molar-refractivity contribution in [2.75, 3.05) is 18.4 Å². The summed E-state index contributed by atoms with van der Waals surface area (Å²) < 4.78 is 27.1. The Morgan fingerprint density at radius 2 is 1.77 bits per heavy atom. The van der Waals surface area contributed by atoms with Crippen molar-refractivity contribution in [2.24, 2.45) is 5.92 Å². The van der Waals surface area contributed by atoms with E-state index in [4.69, 9.17) is 11.6 Å². The minimum atomic E-state index is -3.72. The lowest BCUT2D eigenvalue weighted by atomic mass is 9.98. The van der Waals surface area contributed by atoms with Gasteiger partial charge < -0.3 is 10.6 Å². The Hall–Kier alpha value is -2.42. The number of carbonyl (C=O) groups excluding carboxylic acids is 2. The van der Waals surface area contributed by atoms with Gasteiger partial charge in [0.15, 0.2) is 0 Å². The molecule has 0 spiro atoms. The molecule has 3 rings (SSSR count). The van der Waals surface area contributed by atoms with Crippen LogP contribution in [0.15, 0.2) is 59.5 Å². The number of sulfonamides is 1. The van der Waals surface area contributed by atoms with Crippen molar-refractivity contribution in [1.29, 1.82) is 0 Å². The first-order valence-electron chi connectivity index (χ1n) is 9.69. The molecule has 2 N–H and O–H groups in total. The predicted molar refractivity (Wildman–Crippen MR) is 116 cm³/mol. The lowest BCUT2D eigenvalue weighted by Gasteiger charge is -2.31. The molecule has 7 nitrogen and oxygen atoms in total. The fraction of sp³-hybridized carbons (Fsp3) is 0.333. The first kappa shape index (κ1) is 22.3. The van der Waals surface area contributed by atoms with Crippen molar-refractivity contribution in [1.82, 2.24) is 9.62 Å². The molecule has 2 amide bonds. The van der Waals surface area contributed by atoms with Crippen LogP contribution in [0, 0.1) is 5.92 Å². The van der Waals surface area contributed by atoms with E-state index in [0.29, 0.717) is 30.1 Å². The zero-order valence-corrected chi connectivity index (χ0v) is 18.1. The van der Waals surface area contributed by atoms with Crippen LogP contribution in [0.1, 0.15) is 19.8 Å². The molecule has 2 aromatic rings. The Bertz CT molecular complexity index is 997. The number of hydrogen-bond acceptors (Lipinski definition) is 4. The molecule has 2 aromatic carbocycles. The zero-order chi connectivity index (χ0) is 21.7. The van der Waals surface area contributed by atoms with Crippen molar-refractivity contribution < 1.29 is 18.0 Å². The summed E-state index contributed by atoms with van der Waals surface area (Å²) in [6.07, 6.45) is 1.13. The van der Waals surface area contributed by atoms with Gasteiger partial charge in [0.05, 0.1) is 10.8 Å². The van der Waals surface area contributed by atoms with Crippen molar-refractivity contribution in [2.45, 2.75) is 30.7 Å². The van der Waals surface area contributed by atoms with E-state index in [-0.39, 0.29) is 23.3 Å². The van der Waals surface area contributed by atoms with Gasteiger partial charge in [-0.25, -0.2) is 8.42 Å². The monoisotopic (exact) mass is 449 g/mol. The highest BCUT2D eigenvalue weighted by atomic mass is 35.5. The summed E-state index contributed by atoms with van der Waals surface area (Å²) in [4.78, 5) is 25.2. The Kier molecular flexibility index (Phi) is 7.12. The molecule has 0 radical (unpaired) electrons. The third-order valence-corrected chi connectivity index (χ3v) is 7.13. The number of anilines is 1. The van der Waals surface area contributed by atoms with E-state index in [1.54, 1.807) is 31.2 Å². The summed E-state index contributed by atoms with van der Waals surface area (Å²) in [5.74, 6) is -1.19. The molecule has 2 atom stereocenters. The minimum absolute atomic E-state index is 0.0732. The quantitative estimate of drug-likeness (QED) is 0.708. The lowest BCUT2D eigenvalue weighted by molar-refractivity contribution is -0.129. The lowest BCUT2D eigenvalue weighted by Crippen LogP contribution is -2.49. The summed E-state index contributed by atoms with van der Waals surface area (Å²) in [5.41, 5.74) is 0.640. The van der Waals surface area contributed by atoms with Crippen LogP contribution >= 0.6 is 11.6 Å². The predicted octanol–water partition coefficient (Wildman–Crippen LogP) is 2.88. The maximum atomic E-state index is 12.9. The fourth-order valence-corrected chi connectivity index (χ4v) is 4.95. The Labute approximate surface area is 181 Å². The number of rotatable bonds is 6. The topological polar surface area (TPSA) is 95.6 Å². The molecule has 0 aliphatic carbocycles. The molecule has 0 bridgehead atoms. The minimum Gasteiger partial charge on any atom is -0.344 e. The molecule has 1 fully saturated rings. The normalized spacial score (nSPS) is 18.4. The Morgan fingerprint density at radius 3 is 2.43 bits per heavy atom. The van der Waals surface area contributed by atoms with Crippen LogP contribution in [0.2, 0.25) is 5.02 Å². The van der Waals surface area contributed by atoms with Crippen LogP contribution in [0.25, 0.3) is 0 Å². The summed E-state index contributed by atoms with van der Waals surface area (Å²) in [5, 5.41) is 5.89.